The topological polar surface area (TPSA) is 65.5 Å². The maximum Gasteiger partial charge on any atom is 0.224 e. The molecule has 0 saturated heterocycles. The summed E-state index contributed by atoms with van der Waals surface area (Å²) in [5.41, 5.74) is 0.764. The monoisotopic (exact) mass is 324 g/mol. The summed E-state index contributed by atoms with van der Waals surface area (Å²) in [5, 5.41) is 9.90. The van der Waals surface area contributed by atoms with Gasteiger partial charge in [-0.2, -0.15) is 0 Å². The lowest BCUT2D eigenvalue weighted by molar-refractivity contribution is -0.116. The third kappa shape index (κ3) is 7.88. The van der Waals surface area contributed by atoms with Crippen LogP contribution in [-0.4, -0.2) is 31.5 Å². The Bertz CT molecular complexity index is 474. The maximum atomic E-state index is 11.8. The van der Waals surface area contributed by atoms with Gasteiger partial charge in [-0.15, -0.1) is 0 Å². The number of halogens is 1. The summed E-state index contributed by atoms with van der Waals surface area (Å²) in [6, 6.07) is 7.09. The Kier molecular flexibility index (Phi) is 9.07. The van der Waals surface area contributed by atoms with E-state index >= 15 is 0 Å². The molecule has 0 heterocycles. The average Bonchev–Trinajstić information content (AvgIpc) is 2.51. The van der Waals surface area contributed by atoms with E-state index in [4.69, 9.17) is 11.6 Å². The number of guanidine groups is 1. The number of benzene rings is 1. The highest BCUT2D eigenvalue weighted by atomic mass is 35.5. The van der Waals surface area contributed by atoms with Gasteiger partial charge in [0.15, 0.2) is 5.96 Å². The molecule has 1 amide bonds. The number of hydrogen-bond acceptors (Lipinski definition) is 2. The van der Waals surface area contributed by atoms with Gasteiger partial charge in [0.2, 0.25) is 5.91 Å². The molecule has 1 aromatic carbocycles. The van der Waals surface area contributed by atoms with Crippen LogP contribution in [0.4, 0.5) is 5.69 Å². The van der Waals surface area contributed by atoms with Gasteiger partial charge < -0.3 is 16.0 Å². The lowest BCUT2D eigenvalue weighted by atomic mass is 10.2. The Labute approximate surface area is 137 Å². The number of nitrogens with zero attached hydrogens (tertiary/aromatic N) is 1. The Hall–Kier alpha value is -1.75. The highest BCUT2D eigenvalue weighted by Gasteiger charge is 2.03. The Morgan fingerprint density at radius 1 is 1.18 bits per heavy atom. The van der Waals surface area contributed by atoms with Crippen molar-refractivity contribution in [3.8, 4) is 0 Å². The van der Waals surface area contributed by atoms with Gasteiger partial charge in [0, 0.05) is 36.8 Å². The van der Waals surface area contributed by atoms with E-state index in [1.807, 2.05) is 6.92 Å². The first kappa shape index (κ1) is 18.3. The normalized spacial score (nSPS) is 11.1. The summed E-state index contributed by atoms with van der Waals surface area (Å²) in [6.45, 7) is 6.46. The standard InChI is InChI=1S/C16H25ClN4O/c1-3-11-19-16(18-4-2)20-12-5-6-15(22)21-14-9-7-13(17)8-10-14/h7-10H,3-6,11-12H2,1-2H3,(H,21,22)(H2,18,19,20). The highest BCUT2D eigenvalue weighted by molar-refractivity contribution is 6.30. The molecule has 3 N–H and O–H groups in total. The largest absolute Gasteiger partial charge is 0.357 e. The molecule has 0 spiro atoms. The van der Waals surface area contributed by atoms with E-state index in [0.29, 0.717) is 18.0 Å². The van der Waals surface area contributed by atoms with Crippen molar-refractivity contribution in [2.24, 2.45) is 4.99 Å². The van der Waals surface area contributed by atoms with Gasteiger partial charge in [0.05, 0.1) is 0 Å². The van der Waals surface area contributed by atoms with Crippen LogP contribution in [0.5, 0.6) is 0 Å². The number of carbonyl (C=O) groups excluding carboxylic acids is 1. The quantitative estimate of drug-likeness (QED) is 0.391. The summed E-state index contributed by atoms with van der Waals surface area (Å²) < 4.78 is 0. The first-order valence-corrected chi connectivity index (χ1v) is 8.11. The number of hydrogen-bond donors (Lipinski definition) is 3. The van der Waals surface area contributed by atoms with Gasteiger partial charge in [0.25, 0.3) is 0 Å². The number of rotatable bonds is 8. The Morgan fingerprint density at radius 3 is 2.55 bits per heavy atom. The minimum absolute atomic E-state index is 0.000352. The third-order valence-electron chi connectivity index (χ3n) is 2.84. The van der Waals surface area contributed by atoms with Crippen LogP contribution >= 0.6 is 11.6 Å². The van der Waals surface area contributed by atoms with E-state index < -0.39 is 0 Å². The molecule has 6 heteroatoms. The molecule has 0 aromatic heterocycles. The van der Waals surface area contributed by atoms with E-state index in [0.717, 1.165) is 37.6 Å². The fraction of sp³-hybridized carbons (Fsp3) is 0.500. The van der Waals surface area contributed by atoms with E-state index in [2.05, 4.69) is 27.9 Å². The van der Waals surface area contributed by atoms with Crippen LogP contribution < -0.4 is 16.0 Å². The second-order valence-electron chi connectivity index (χ2n) is 4.85. The van der Waals surface area contributed by atoms with Gasteiger partial charge in [-0.05, 0) is 44.0 Å². The molecular formula is C16H25ClN4O. The second kappa shape index (κ2) is 10.9. The SMILES string of the molecule is CCCN=C(NCC)NCCCC(=O)Nc1ccc(Cl)cc1. The van der Waals surface area contributed by atoms with Crippen molar-refractivity contribution in [2.45, 2.75) is 33.1 Å². The molecule has 5 nitrogen and oxygen atoms in total. The van der Waals surface area contributed by atoms with Crippen LogP contribution in [-0.2, 0) is 4.79 Å². The molecular weight excluding hydrogens is 300 g/mol. The predicted molar refractivity (Wildman–Crippen MR) is 93.6 cm³/mol. The summed E-state index contributed by atoms with van der Waals surface area (Å²) in [4.78, 5) is 16.2. The molecule has 0 bridgehead atoms. The Balaban J connectivity index is 2.25. The van der Waals surface area contributed by atoms with Gasteiger partial charge in [0.1, 0.15) is 0 Å². The predicted octanol–water partition coefficient (Wildman–Crippen LogP) is 3.02. The molecule has 0 unspecified atom stereocenters. The van der Waals surface area contributed by atoms with Gasteiger partial charge in [-0.3, -0.25) is 9.79 Å². The minimum atomic E-state index is -0.000352. The molecule has 0 saturated carbocycles. The maximum absolute atomic E-state index is 11.8. The van der Waals surface area contributed by atoms with Crippen molar-refractivity contribution in [2.75, 3.05) is 25.0 Å². The van der Waals surface area contributed by atoms with Gasteiger partial charge in [-0.25, -0.2) is 0 Å². The van der Waals surface area contributed by atoms with Crippen LogP contribution in [0.1, 0.15) is 33.1 Å². The van der Waals surface area contributed by atoms with Gasteiger partial charge >= 0.3 is 0 Å². The van der Waals surface area contributed by atoms with E-state index in [1.165, 1.54) is 0 Å². The van der Waals surface area contributed by atoms with E-state index in [9.17, 15) is 4.79 Å². The zero-order valence-corrected chi connectivity index (χ0v) is 14.0. The lowest BCUT2D eigenvalue weighted by Gasteiger charge is -2.11. The highest BCUT2D eigenvalue weighted by Crippen LogP contribution is 2.13. The Morgan fingerprint density at radius 2 is 1.91 bits per heavy atom. The zero-order chi connectivity index (χ0) is 16.2. The van der Waals surface area contributed by atoms with Crippen molar-refractivity contribution in [1.82, 2.24) is 10.6 Å². The summed E-state index contributed by atoms with van der Waals surface area (Å²) in [6.07, 6.45) is 2.22. The molecule has 22 heavy (non-hydrogen) atoms. The molecule has 1 rings (SSSR count). The molecule has 0 atom stereocenters. The average molecular weight is 325 g/mol. The van der Waals surface area contributed by atoms with Crippen molar-refractivity contribution < 1.29 is 4.79 Å². The number of amides is 1. The minimum Gasteiger partial charge on any atom is -0.357 e. The molecule has 0 radical (unpaired) electrons. The van der Waals surface area contributed by atoms with Crippen LogP contribution in [0, 0.1) is 0 Å². The van der Waals surface area contributed by atoms with Crippen LogP contribution in [0.25, 0.3) is 0 Å². The van der Waals surface area contributed by atoms with Gasteiger partial charge in [-0.1, -0.05) is 18.5 Å². The van der Waals surface area contributed by atoms with Crippen molar-refractivity contribution in [1.29, 1.82) is 0 Å². The molecule has 0 fully saturated rings. The number of anilines is 1. The fourth-order valence-corrected chi connectivity index (χ4v) is 1.90. The zero-order valence-electron chi connectivity index (χ0n) is 13.3. The van der Waals surface area contributed by atoms with Crippen molar-refractivity contribution in [3.63, 3.8) is 0 Å². The van der Waals surface area contributed by atoms with E-state index in [1.54, 1.807) is 24.3 Å². The van der Waals surface area contributed by atoms with Crippen LogP contribution in [0.2, 0.25) is 5.02 Å². The smallest absolute Gasteiger partial charge is 0.224 e. The summed E-state index contributed by atoms with van der Waals surface area (Å²) in [7, 11) is 0. The molecule has 0 aliphatic heterocycles. The fourth-order valence-electron chi connectivity index (χ4n) is 1.78. The number of nitrogens with one attached hydrogen (secondary N) is 3. The molecule has 122 valence electrons. The van der Waals surface area contributed by atoms with E-state index in [-0.39, 0.29) is 5.91 Å². The van der Waals surface area contributed by atoms with Crippen LogP contribution in [0.3, 0.4) is 0 Å². The van der Waals surface area contributed by atoms with Crippen molar-refractivity contribution in [3.05, 3.63) is 29.3 Å². The third-order valence-corrected chi connectivity index (χ3v) is 3.09. The molecule has 0 aliphatic carbocycles. The van der Waals surface area contributed by atoms with Crippen molar-refractivity contribution >= 4 is 29.2 Å². The first-order chi connectivity index (χ1) is 10.7. The molecule has 1 aromatic rings. The molecule has 0 aliphatic rings. The lowest BCUT2D eigenvalue weighted by Crippen LogP contribution is -2.38. The number of carbonyl (C=O) groups is 1. The number of aliphatic imine (C=N–C) groups is 1. The first-order valence-electron chi connectivity index (χ1n) is 7.73. The van der Waals surface area contributed by atoms with Crippen LogP contribution in [0.15, 0.2) is 29.3 Å². The second-order valence-corrected chi connectivity index (χ2v) is 5.28. The summed E-state index contributed by atoms with van der Waals surface area (Å²) >= 11 is 5.80. The summed E-state index contributed by atoms with van der Waals surface area (Å²) in [5.74, 6) is 0.807.